The number of thiazole rings is 1. The van der Waals surface area contributed by atoms with E-state index in [-0.39, 0.29) is 12.5 Å². The summed E-state index contributed by atoms with van der Waals surface area (Å²) in [5.41, 5.74) is 2.12. The lowest BCUT2D eigenvalue weighted by Gasteiger charge is -2.04. The average molecular weight is 366 g/mol. The molecule has 0 radical (unpaired) electrons. The third kappa shape index (κ3) is 3.95. The summed E-state index contributed by atoms with van der Waals surface area (Å²) >= 11 is 1.44. The highest BCUT2D eigenvalue weighted by molar-refractivity contribution is 7.16. The molecule has 6 heteroatoms. The molecule has 0 aliphatic carbocycles. The highest BCUT2D eigenvalue weighted by atomic mass is 32.1. The van der Waals surface area contributed by atoms with Crippen molar-refractivity contribution >= 4 is 27.5 Å². The van der Waals surface area contributed by atoms with E-state index in [0.29, 0.717) is 17.1 Å². The largest absolute Gasteiger partial charge is 0.497 e. The van der Waals surface area contributed by atoms with Gasteiger partial charge in [0.25, 0.3) is 5.91 Å². The van der Waals surface area contributed by atoms with Gasteiger partial charge in [-0.05, 0) is 48.9 Å². The topological polar surface area (TPSA) is 52.8 Å². The van der Waals surface area contributed by atoms with Crippen molar-refractivity contribution in [1.82, 2.24) is 4.57 Å². The fourth-order valence-corrected chi connectivity index (χ4v) is 3.61. The van der Waals surface area contributed by atoms with E-state index in [1.165, 1.54) is 11.3 Å². The third-order valence-corrected chi connectivity index (χ3v) is 4.77. The molecule has 0 aliphatic rings. The first-order valence-electron chi connectivity index (χ1n) is 7.98. The number of benzene rings is 2. The van der Waals surface area contributed by atoms with Crippen molar-refractivity contribution in [2.45, 2.75) is 13.5 Å². The summed E-state index contributed by atoms with van der Waals surface area (Å²) in [7, 11) is 1.59. The molecule has 26 heavy (non-hydrogen) atoms. The minimum Gasteiger partial charge on any atom is -0.497 e. The second-order valence-corrected chi connectivity index (χ2v) is 6.62. The minimum absolute atomic E-state index is 0.143. The van der Waals surface area contributed by atoms with Gasteiger partial charge in [0.1, 0.15) is 11.5 Å². The van der Waals surface area contributed by atoms with E-state index in [2.05, 4.69) is 17.0 Å². The number of aromatic nitrogens is 1. The molecule has 0 spiro atoms. The van der Waals surface area contributed by atoms with Crippen LogP contribution in [0.2, 0.25) is 0 Å². The van der Waals surface area contributed by atoms with Crippen molar-refractivity contribution in [1.29, 1.82) is 0 Å². The lowest BCUT2D eigenvalue weighted by Crippen LogP contribution is -2.19. The van der Waals surface area contributed by atoms with Gasteiger partial charge in [-0.25, -0.2) is 0 Å². The second-order valence-electron chi connectivity index (χ2n) is 5.62. The van der Waals surface area contributed by atoms with Crippen molar-refractivity contribution in [3.63, 3.8) is 0 Å². The van der Waals surface area contributed by atoms with Crippen molar-refractivity contribution in [3.8, 4) is 23.8 Å². The van der Waals surface area contributed by atoms with Gasteiger partial charge in [0.15, 0.2) is 11.4 Å². The number of nitrogens with zero attached hydrogens (tertiary/aromatic N) is 2. The molecule has 1 amide bonds. The maximum absolute atomic E-state index is 12.2. The number of carbonyl (C=O) groups excluding carboxylic acids is 1. The van der Waals surface area contributed by atoms with Crippen LogP contribution in [0.4, 0.5) is 0 Å². The lowest BCUT2D eigenvalue weighted by molar-refractivity contribution is -0.120. The molecule has 0 saturated carbocycles. The quantitative estimate of drug-likeness (QED) is 0.652. The maximum atomic E-state index is 12.2. The summed E-state index contributed by atoms with van der Waals surface area (Å²) in [5, 5.41) is 0. The Labute approximate surface area is 155 Å². The molecule has 1 heterocycles. The molecule has 1 aromatic heterocycles. The molecule has 132 valence electrons. The third-order valence-electron chi connectivity index (χ3n) is 3.73. The number of amides is 1. The Hall–Kier alpha value is -3.04. The Morgan fingerprint density at radius 2 is 1.96 bits per heavy atom. The highest BCUT2D eigenvalue weighted by Gasteiger charge is 2.08. The molecule has 0 saturated heterocycles. The summed E-state index contributed by atoms with van der Waals surface area (Å²) in [6, 6.07) is 13.1. The van der Waals surface area contributed by atoms with Gasteiger partial charge in [0.05, 0.1) is 23.9 Å². The Bertz CT molecular complexity index is 1040. The van der Waals surface area contributed by atoms with E-state index in [9.17, 15) is 4.79 Å². The van der Waals surface area contributed by atoms with Gasteiger partial charge in [-0.1, -0.05) is 23.3 Å². The molecule has 0 unspecified atom stereocenters. The number of terminal acetylenes is 1. The number of fused-ring (bicyclic) bond motifs is 1. The molecule has 3 aromatic rings. The van der Waals surface area contributed by atoms with Gasteiger partial charge in [-0.2, -0.15) is 4.99 Å². The predicted molar refractivity (Wildman–Crippen MR) is 102 cm³/mol. The lowest BCUT2D eigenvalue weighted by atomic mass is 10.2. The van der Waals surface area contributed by atoms with E-state index in [0.717, 1.165) is 21.5 Å². The predicted octanol–water partition coefficient (Wildman–Crippen LogP) is 3.16. The number of carbonyl (C=O) groups is 1. The van der Waals surface area contributed by atoms with Crippen LogP contribution in [0.15, 0.2) is 47.5 Å². The van der Waals surface area contributed by atoms with Crippen LogP contribution in [0, 0.1) is 19.3 Å². The molecule has 0 N–H and O–H groups in total. The van der Waals surface area contributed by atoms with Gasteiger partial charge in [0.2, 0.25) is 0 Å². The molecule has 0 bridgehead atoms. The summed E-state index contributed by atoms with van der Waals surface area (Å²) in [5.74, 6) is 3.56. The number of aryl methyl sites for hydroxylation is 1. The van der Waals surface area contributed by atoms with E-state index >= 15 is 0 Å². The van der Waals surface area contributed by atoms with Crippen molar-refractivity contribution in [2.75, 3.05) is 13.7 Å². The number of methoxy groups -OCH3 is 1. The molecular weight excluding hydrogens is 348 g/mol. The van der Waals surface area contributed by atoms with Crippen LogP contribution in [-0.4, -0.2) is 24.2 Å². The first-order valence-corrected chi connectivity index (χ1v) is 8.80. The zero-order chi connectivity index (χ0) is 18.5. The van der Waals surface area contributed by atoms with Crippen LogP contribution in [0.1, 0.15) is 5.56 Å². The Morgan fingerprint density at radius 1 is 1.23 bits per heavy atom. The molecule has 0 aliphatic heterocycles. The van der Waals surface area contributed by atoms with Gasteiger partial charge in [-0.15, -0.1) is 6.42 Å². The number of hydrogen-bond acceptors (Lipinski definition) is 4. The summed E-state index contributed by atoms with van der Waals surface area (Å²) in [6.07, 6.45) is 5.47. The van der Waals surface area contributed by atoms with Crippen LogP contribution in [0.5, 0.6) is 11.5 Å². The van der Waals surface area contributed by atoms with Gasteiger partial charge >= 0.3 is 0 Å². The summed E-state index contributed by atoms with van der Waals surface area (Å²) in [4.78, 5) is 17.0. The minimum atomic E-state index is -0.366. The molecule has 5 nitrogen and oxygen atoms in total. The normalized spacial score (nSPS) is 11.3. The molecule has 0 fully saturated rings. The van der Waals surface area contributed by atoms with Crippen molar-refractivity contribution < 1.29 is 14.3 Å². The van der Waals surface area contributed by atoms with E-state index in [1.54, 1.807) is 31.4 Å². The molecular formula is C20H18N2O3S. The highest BCUT2D eigenvalue weighted by Crippen LogP contribution is 2.19. The van der Waals surface area contributed by atoms with Crippen molar-refractivity contribution in [2.24, 2.45) is 4.99 Å². The second kappa shape index (κ2) is 7.89. The Kier molecular flexibility index (Phi) is 5.40. The van der Waals surface area contributed by atoms with Crippen LogP contribution in [-0.2, 0) is 11.3 Å². The van der Waals surface area contributed by atoms with E-state index < -0.39 is 0 Å². The number of rotatable bonds is 5. The van der Waals surface area contributed by atoms with Crippen LogP contribution >= 0.6 is 11.3 Å². The van der Waals surface area contributed by atoms with E-state index in [1.807, 2.05) is 23.6 Å². The summed E-state index contributed by atoms with van der Waals surface area (Å²) in [6.45, 7) is 2.24. The van der Waals surface area contributed by atoms with Crippen LogP contribution in [0.3, 0.4) is 0 Å². The number of ether oxygens (including phenoxy) is 2. The van der Waals surface area contributed by atoms with Gasteiger partial charge in [0, 0.05) is 0 Å². The molecule has 2 aromatic carbocycles. The SMILES string of the molecule is C#CCn1c(=NC(=O)COc2ccc(OC)cc2)sc2cc(C)ccc21. The van der Waals surface area contributed by atoms with Gasteiger partial charge < -0.3 is 14.0 Å². The zero-order valence-corrected chi connectivity index (χ0v) is 15.4. The fraction of sp³-hybridized carbons (Fsp3) is 0.200. The average Bonchev–Trinajstić information content (AvgIpc) is 2.97. The monoisotopic (exact) mass is 366 g/mol. The zero-order valence-electron chi connectivity index (χ0n) is 14.6. The van der Waals surface area contributed by atoms with E-state index in [4.69, 9.17) is 15.9 Å². The maximum Gasteiger partial charge on any atom is 0.286 e. The smallest absolute Gasteiger partial charge is 0.286 e. The molecule has 0 atom stereocenters. The first-order chi connectivity index (χ1) is 12.6. The van der Waals surface area contributed by atoms with Crippen LogP contribution < -0.4 is 14.3 Å². The number of hydrogen-bond donors (Lipinski definition) is 0. The Morgan fingerprint density at radius 3 is 2.65 bits per heavy atom. The van der Waals surface area contributed by atoms with Gasteiger partial charge in [-0.3, -0.25) is 4.79 Å². The molecule has 3 rings (SSSR count). The Balaban J connectivity index is 1.82. The van der Waals surface area contributed by atoms with Crippen molar-refractivity contribution in [3.05, 3.63) is 52.8 Å². The fourth-order valence-electron chi connectivity index (χ4n) is 2.47. The standard InChI is InChI=1S/C20H18N2O3S/c1-4-11-22-17-10-5-14(2)12-18(17)26-20(22)21-19(23)13-25-16-8-6-15(24-3)7-9-16/h1,5-10,12H,11,13H2,2-3H3. The van der Waals surface area contributed by atoms with Crippen LogP contribution in [0.25, 0.3) is 10.2 Å². The first kappa shape index (κ1) is 17.8. The summed E-state index contributed by atoms with van der Waals surface area (Å²) < 4.78 is 13.5.